The van der Waals surface area contributed by atoms with Crippen molar-refractivity contribution in [3.8, 4) is 5.75 Å². The number of benzene rings is 2. The number of hydrogen-bond donors (Lipinski definition) is 2. The quantitative estimate of drug-likeness (QED) is 0.773. The van der Waals surface area contributed by atoms with Crippen LogP contribution in [0.15, 0.2) is 48.5 Å². The van der Waals surface area contributed by atoms with E-state index in [1.165, 1.54) is 5.56 Å². The van der Waals surface area contributed by atoms with Crippen molar-refractivity contribution >= 4 is 5.91 Å². The van der Waals surface area contributed by atoms with Crippen molar-refractivity contribution in [1.29, 1.82) is 0 Å². The molecule has 1 amide bonds. The fourth-order valence-electron chi connectivity index (χ4n) is 3.63. The Hall–Kier alpha value is -2.37. The maximum atomic E-state index is 12.4. The lowest BCUT2D eigenvalue weighted by molar-refractivity contribution is 0.0948. The van der Waals surface area contributed by atoms with Crippen LogP contribution in [-0.4, -0.2) is 44.1 Å². The number of rotatable bonds is 7. The van der Waals surface area contributed by atoms with Crippen LogP contribution >= 0.6 is 0 Å². The average Bonchev–Trinajstić information content (AvgIpc) is 2.72. The van der Waals surface area contributed by atoms with Crippen LogP contribution in [-0.2, 0) is 6.54 Å². The van der Waals surface area contributed by atoms with Gasteiger partial charge < -0.3 is 15.4 Å². The lowest BCUT2D eigenvalue weighted by atomic mass is 10.0. The van der Waals surface area contributed by atoms with E-state index in [4.69, 9.17) is 4.74 Å². The Labute approximate surface area is 168 Å². The minimum absolute atomic E-state index is 0.00265. The third kappa shape index (κ3) is 5.12. The summed E-state index contributed by atoms with van der Waals surface area (Å²) in [7, 11) is 1.72. The topological polar surface area (TPSA) is 53.6 Å². The average molecular weight is 382 g/mol. The van der Waals surface area contributed by atoms with Crippen LogP contribution in [0.1, 0.15) is 41.4 Å². The van der Waals surface area contributed by atoms with Gasteiger partial charge in [-0.05, 0) is 29.7 Å². The zero-order valence-electron chi connectivity index (χ0n) is 17.1. The van der Waals surface area contributed by atoms with Gasteiger partial charge in [-0.15, -0.1) is 0 Å². The Morgan fingerprint density at radius 2 is 2.07 bits per heavy atom. The molecule has 1 aliphatic heterocycles. The zero-order chi connectivity index (χ0) is 19.9. The lowest BCUT2D eigenvalue weighted by Gasteiger charge is -2.37. The molecule has 1 heterocycles. The van der Waals surface area contributed by atoms with E-state index in [2.05, 4.69) is 47.6 Å². The summed E-state index contributed by atoms with van der Waals surface area (Å²) in [6, 6.07) is 16.4. The summed E-state index contributed by atoms with van der Waals surface area (Å²) in [5.74, 6) is 1.36. The third-order valence-electron chi connectivity index (χ3n) is 5.10. The van der Waals surface area contributed by atoms with E-state index in [-0.39, 0.29) is 11.9 Å². The summed E-state index contributed by atoms with van der Waals surface area (Å²) >= 11 is 0. The molecule has 0 bridgehead atoms. The Morgan fingerprint density at radius 3 is 2.86 bits per heavy atom. The second-order valence-corrected chi connectivity index (χ2v) is 7.74. The number of nitrogens with one attached hydrogen (secondary N) is 2. The first-order valence-electron chi connectivity index (χ1n) is 10.0. The van der Waals surface area contributed by atoms with Gasteiger partial charge in [0, 0.05) is 43.9 Å². The van der Waals surface area contributed by atoms with Gasteiger partial charge in [-0.3, -0.25) is 9.69 Å². The summed E-state index contributed by atoms with van der Waals surface area (Å²) in [4.78, 5) is 14.9. The number of methoxy groups -OCH3 is 1. The van der Waals surface area contributed by atoms with E-state index in [9.17, 15) is 4.79 Å². The fraction of sp³-hybridized carbons (Fsp3) is 0.435. The van der Waals surface area contributed by atoms with Gasteiger partial charge in [0.15, 0.2) is 0 Å². The molecule has 1 aliphatic rings. The molecule has 28 heavy (non-hydrogen) atoms. The highest BCUT2D eigenvalue weighted by molar-refractivity contribution is 5.94. The molecule has 2 N–H and O–H groups in total. The number of amides is 1. The summed E-state index contributed by atoms with van der Waals surface area (Å²) in [6.07, 6.45) is 0. The maximum absolute atomic E-state index is 12.4. The number of carbonyl (C=O) groups is 1. The Bertz CT molecular complexity index is 791. The SMILES string of the molecule is COc1ccccc1C1CNCCN1Cc1cccc(C(=O)NCC(C)C)c1. The highest BCUT2D eigenvalue weighted by atomic mass is 16.5. The van der Waals surface area contributed by atoms with Gasteiger partial charge in [-0.25, -0.2) is 0 Å². The van der Waals surface area contributed by atoms with Crippen LogP contribution in [0, 0.1) is 5.92 Å². The highest BCUT2D eigenvalue weighted by Gasteiger charge is 2.26. The van der Waals surface area contributed by atoms with Crippen molar-refractivity contribution in [2.75, 3.05) is 33.3 Å². The van der Waals surface area contributed by atoms with Crippen molar-refractivity contribution in [2.45, 2.75) is 26.4 Å². The molecule has 2 aromatic carbocycles. The molecule has 150 valence electrons. The number of hydrogen-bond acceptors (Lipinski definition) is 4. The predicted molar refractivity (Wildman–Crippen MR) is 113 cm³/mol. The molecule has 5 nitrogen and oxygen atoms in total. The van der Waals surface area contributed by atoms with E-state index in [0.717, 1.165) is 43.1 Å². The molecule has 1 atom stereocenters. The Kier molecular flexibility index (Phi) is 7.06. The molecule has 0 aromatic heterocycles. The molecule has 0 aliphatic carbocycles. The maximum Gasteiger partial charge on any atom is 0.251 e. The van der Waals surface area contributed by atoms with Crippen molar-refractivity contribution < 1.29 is 9.53 Å². The molecule has 5 heteroatoms. The monoisotopic (exact) mass is 381 g/mol. The Morgan fingerprint density at radius 1 is 1.25 bits per heavy atom. The standard InChI is InChI=1S/C23H31N3O2/c1-17(2)14-25-23(27)19-8-6-7-18(13-19)16-26-12-11-24-15-21(26)20-9-4-5-10-22(20)28-3/h4-10,13,17,21,24H,11-12,14-16H2,1-3H3,(H,25,27). The van der Waals surface area contributed by atoms with Crippen LogP contribution in [0.3, 0.4) is 0 Å². The summed E-state index contributed by atoms with van der Waals surface area (Å²) < 4.78 is 5.59. The fourth-order valence-corrected chi connectivity index (χ4v) is 3.63. The number of nitrogens with zero attached hydrogens (tertiary/aromatic N) is 1. The number of ether oxygens (including phenoxy) is 1. The van der Waals surface area contributed by atoms with E-state index >= 15 is 0 Å². The van der Waals surface area contributed by atoms with Gasteiger partial charge in [-0.2, -0.15) is 0 Å². The van der Waals surface area contributed by atoms with Gasteiger partial charge >= 0.3 is 0 Å². The van der Waals surface area contributed by atoms with Gasteiger partial charge in [-0.1, -0.05) is 44.2 Å². The van der Waals surface area contributed by atoms with Crippen molar-refractivity contribution in [2.24, 2.45) is 5.92 Å². The Balaban J connectivity index is 1.76. The number of piperazine rings is 1. The molecule has 3 rings (SSSR count). The van der Waals surface area contributed by atoms with Crippen molar-refractivity contribution in [3.05, 3.63) is 65.2 Å². The van der Waals surface area contributed by atoms with Gasteiger partial charge in [0.25, 0.3) is 5.91 Å². The summed E-state index contributed by atoms with van der Waals surface area (Å²) in [5, 5.41) is 6.50. The first-order valence-corrected chi connectivity index (χ1v) is 10.0. The second-order valence-electron chi connectivity index (χ2n) is 7.74. The molecule has 0 saturated carbocycles. The van der Waals surface area contributed by atoms with Crippen LogP contribution in [0.4, 0.5) is 0 Å². The van der Waals surface area contributed by atoms with E-state index in [1.54, 1.807) is 7.11 Å². The van der Waals surface area contributed by atoms with Crippen LogP contribution < -0.4 is 15.4 Å². The number of carbonyl (C=O) groups excluding carboxylic acids is 1. The van der Waals surface area contributed by atoms with Gasteiger partial charge in [0.2, 0.25) is 0 Å². The minimum Gasteiger partial charge on any atom is -0.496 e. The van der Waals surface area contributed by atoms with Gasteiger partial charge in [0.05, 0.1) is 13.2 Å². The molecule has 1 fully saturated rings. The predicted octanol–water partition coefficient (Wildman–Crippen LogP) is 3.23. The largest absolute Gasteiger partial charge is 0.496 e. The molecule has 2 aromatic rings. The van der Waals surface area contributed by atoms with Crippen LogP contribution in [0.5, 0.6) is 5.75 Å². The minimum atomic E-state index is -0.00265. The summed E-state index contributed by atoms with van der Waals surface area (Å²) in [5.41, 5.74) is 3.07. The van der Waals surface area contributed by atoms with E-state index in [1.807, 2.05) is 30.3 Å². The first kappa shape index (κ1) is 20.4. The molecular weight excluding hydrogens is 350 g/mol. The summed E-state index contributed by atoms with van der Waals surface area (Å²) in [6.45, 7) is 8.48. The second kappa shape index (κ2) is 9.71. The van der Waals surface area contributed by atoms with Crippen LogP contribution in [0.2, 0.25) is 0 Å². The molecular formula is C23H31N3O2. The zero-order valence-corrected chi connectivity index (χ0v) is 17.1. The molecule has 0 spiro atoms. The van der Waals surface area contributed by atoms with Gasteiger partial charge in [0.1, 0.15) is 5.75 Å². The third-order valence-corrected chi connectivity index (χ3v) is 5.10. The van der Waals surface area contributed by atoms with E-state index in [0.29, 0.717) is 12.5 Å². The van der Waals surface area contributed by atoms with Crippen molar-refractivity contribution in [3.63, 3.8) is 0 Å². The normalized spacial score (nSPS) is 17.5. The van der Waals surface area contributed by atoms with Crippen molar-refractivity contribution in [1.82, 2.24) is 15.5 Å². The lowest BCUT2D eigenvalue weighted by Crippen LogP contribution is -2.45. The number of para-hydroxylation sites is 1. The smallest absolute Gasteiger partial charge is 0.251 e. The van der Waals surface area contributed by atoms with Crippen LogP contribution in [0.25, 0.3) is 0 Å². The molecule has 1 unspecified atom stereocenters. The highest BCUT2D eigenvalue weighted by Crippen LogP contribution is 2.31. The molecule has 0 radical (unpaired) electrons. The first-order chi connectivity index (χ1) is 13.6. The molecule has 1 saturated heterocycles. The van der Waals surface area contributed by atoms with E-state index < -0.39 is 0 Å².